The summed E-state index contributed by atoms with van der Waals surface area (Å²) in [5.74, 6) is 0. The smallest absolute Gasteiger partial charge is 0.166 e. The van der Waals surface area contributed by atoms with Gasteiger partial charge < -0.3 is 15.4 Å². The van der Waals surface area contributed by atoms with Gasteiger partial charge in [-0.3, -0.25) is 0 Å². The number of nitrogens with one attached hydrogen (secondary N) is 2. The highest BCUT2D eigenvalue weighted by Gasteiger charge is 2.30. The molecule has 0 spiro atoms. The lowest BCUT2D eigenvalue weighted by molar-refractivity contribution is 0.204. The molecule has 0 radical (unpaired) electrons. The van der Waals surface area contributed by atoms with Crippen LogP contribution in [0.5, 0.6) is 0 Å². The highest BCUT2D eigenvalue weighted by molar-refractivity contribution is 8.00. The first-order valence-corrected chi connectivity index (χ1v) is 7.91. The molecule has 5 heteroatoms. The number of methoxy groups -OCH3 is 1. The molecule has 2 N–H and O–H groups in total. The highest BCUT2D eigenvalue weighted by Crippen LogP contribution is 2.37. The normalized spacial score (nSPS) is 18.7. The molecule has 0 bridgehead atoms. The monoisotopic (exact) mass is 276 g/mol. The maximum atomic E-state index is 5.25. The minimum absolute atomic E-state index is 0.394. The van der Waals surface area contributed by atoms with Crippen molar-refractivity contribution in [2.45, 2.75) is 36.9 Å². The lowest BCUT2D eigenvalue weighted by Gasteiger charge is -2.36. The van der Waals surface area contributed by atoms with E-state index in [1.165, 1.54) is 32.1 Å². The zero-order valence-electron chi connectivity index (χ0n) is 10.9. The average molecular weight is 276 g/mol. The van der Waals surface area contributed by atoms with Crippen molar-refractivity contribution in [2.24, 2.45) is 0 Å². The van der Waals surface area contributed by atoms with Crippen LogP contribution in [-0.2, 0) is 4.74 Å². The Kier molecular flexibility index (Phi) is 7.23. The summed E-state index contributed by atoms with van der Waals surface area (Å²) in [4.78, 5) is 0. The van der Waals surface area contributed by atoms with Gasteiger partial charge in [-0.05, 0) is 31.3 Å². The second-order valence-corrected chi connectivity index (χ2v) is 6.23. The van der Waals surface area contributed by atoms with Gasteiger partial charge >= 0.3 is 0 Å². The molecule has 0 aromatic carbocycles. The maximum Gasteiger partial charge on any atom is 0.166 e. The first-order chi connectivity index (χ1) is 8.22. The van der Waals surface area contributed by atoms with E-state index in [2.05, 4.69) is 16.9 Å². The Morgan fingerprint density at radius 1 is 1.29 bits per heavy atom. The molecule has 1 rings (SSSR count). The molecule has 3 nitrogen and oxygen atoms in total. The molecule has 1 aliphatic rings. The van der Waals surface area contributed by atoms with Crippen molar-refractivity contribution in [3.05, 3.63) is 0 Å². The fourth-order valence-electron chi connectivity index (χ4n) is 2.22. The third-order valence-electron chi connectivity index (χ3n) is 3.36. The molecular weight excluding hydrogens is 252 g/mol. The van der Waals surface area contributed by atoms with E-state index in [9.17, 15) is 0 Å². The van der Waals surface area contributed by atoms with Crippen LogP contribution >= 0.6 is 24.0 Å². The van der Waals surface area contributed by atoms with Gasteiger partial charge in [-0.25, -0.2) is 0 Å². The van der Waals surface area contributed by atoms with Crippen molar-refractivity contribution in [1.82, 2.24) is 10.6 Å². The summed E-state index contributed by atoms with van der Waals surface area (Å²) in [6, 6.07) is 0. The van der Waals surface area contributed by atoms with Crippen LogP contribution in [0.1, 0.15) is 32.1 Å². The van der Waals surface area contributed by atoms with E-state index in [0.29, 0.717) is 11.4 Å². The summed E-state index contributed by atoms with van der Waals surface area (Å²) in [7, 11) is 1.70. The predicted molar refractivity (Wildman–Crippen MR) is 79.8 cm³/mol. The lowest BCUT2D eigenvalue weighted by atomic mass is 9.88. The van der Waals surface area contributed by atoms with Gasteiger partial charge in [-0.2, -0.15) is 11.8 Å². The van der Waals surface area contributed by atoms with E-state index >= 15 is 0 Å². The maximum absolute atomic E-state index is 5.25. The van der Waals surface area contributed by atoms with Crippen molar-refractivity contribution in [1.29, 1.82) is 0 Å². The SMILES string of the molecule is COCCNC(=S)NCC1(SC)CCCCC1. The topological polar surface area (TPSA) is 33.3 Å². The molecule has 17 heavy (non-hydrogen) atoms. The summed E-state index contributed by atoms with van der Waals surface area (Å²) in [5, 5.41) is 7.25. The first kappa shape index (κ1) is 15.1. The van der Waals surface area contributed by atoms with Gasteiger partial charge in [-0.1, -0.05) is 19.3 Å². The molecule has 0 unspecified atom stereocenters. The molecule has 0 heterocycles. The van der Waals surface area contributed by atoms with Gasteiger partial charge in [0, 0.05) is 24.9 Å². The number of thioether (sulfide) groups is 1. The fourth-order valence-corrected chi connectivity index (χ4v) is 3.31. The molecule has 0 atom stereocenters. The van der Waals surface area contributed by atoms with E-state index in [1.54, 1.807) is 7.11 Å². The molecule has 1 fully saturated rings. The van der Waals surface area contributed by atoms with E-state index in [4.69, 9.17) is 17.0 Å². The van der Waals surface area contributed by atoms with Gasteiger partial charge in [0.25, 0.3) is 0 Å². The zero-order chi connectivity index (χ0) is 12.6. The van der Waals surface area contributed by atoms with Gasteiger partial charge in [0.15, 0.2) is 5.11 Å². The fraction of sp³-hybridized carbons (Fsp3) is 0.917. The molecule has 0 aromatic rings. The van der Waals surface area contributed by atoms with Gasteiger partial charge in [0.05, 0.1) is 6.61 Å². The van der Waals surface area contributed by atoms with Crippen molar-refractivity contribution >= 4 is 29.1 Å². The number of hydrogen-bond acceptors (Lipinski definition) is 3. The summed E-state index contributed by atoms with van der Waals surface area (Å²) >= 11 is 7.24. The summed E-state index contributed by atoms with van der Waals surface area (Å²) in [6.07, 6.45) is 8.93. The summed E-state index contributed by atoms with van der Waals surface area (Å²) < 4.78 is 5.37. The van der Waals surface area contributed by atoms with Gasteiger partial charge in [-0.15, -0.1) is 0 Å². The third kappa shape index (κ3) is 5.44. The van der Waals surface area contributed by atoms with Crippen LogP contribution in [0.3, 0.4) is 0 Å². The summed E-state index contributed by atoms with van der Waals surface area (Å²) in [6.45, 7) is 2.44. The van der Waals surface area contributed by atoms with E-state index in [0.717, 1.165) is 18.2 Å². The third-order valence-corrected chi connectivity index (χ3v) is 5.07. The molecule has 0 aliphatic heterocycles. The van der Waals surface area contributed by atoms with Crippen LogP contribution < -0.4 is 10.6 Å². The van der Waals surface area contributed by atoms with Crippen molar-refractivity contribution < 1.29 is 4.74 Å². The van der Waals surface area contributed by atoms with Crippen molar-refractivity contribution in [3.63, 3.8) is 0 Å². The number of thiocarbonyl (C=S) groups is 1. The van der Waals surface area contributed by atoms with E-state index < -0.39 is 0 Å². The van der Waals surface area contributed by atoms with Crippen LogP contribution in [0.2, 0.25) is 0 Å². The van der Waals surface area contributed by atoms with Gasteiger partial charge in [0.1, 0.15) is 0 Å². The van der Waals surface area contributed by atoms with Crippen molar-refractivity contribution in [3.8, 4) is 0 Å². The van der Waals surface area contributed by atoms with Crippen LogP contribution in [0.15, 0.2) is 0 Å². The number of hydrogen-bond donors (Lipinski definition) is 2. The summed E-state index contributed by atoms with van der Waals surface area (Å²) in [5.41, 5.74) is 0. The van der Waals surface area contributed by atoms with Crippen molar-refractivity contribution in [2.75, 3.05) is 33.1 Å². The van der Waals surface area contributed by atoms with Crippen LogP contribution in [0.25, 0.3) is 0 Å². The standard InChI is InChI=1S/C12H24N2OS2/c1-15-9-8-13-11(16)14-10-12(17-2)6-4-3-5-7-12/h3-10H2,1-2H3,(H2,13,14,16). The molecule has 0 aromatic heterocycles. The van der Waals surface area contributed by atoms with E-state index in [1.807, 2.05) is 11.8 Å². The second-order valence-electron chi connectivity index (χ2n) is 4.55. The molecule has 0 saturated heterocycles. The largest absolute Gasteiger partial charge is 0.383 e. The molecule has 1 aliphatic carbocycles. The first-order valence-electron chi connectivity index (χ1n) is 6.28. The Bertz CT molecular complexity index is 231. The minimum Gasteiger partial charge on any atom is -0.383 e. The Morgan fingerprint density at radius 2 is 2.00 bits per heavy atom. The van der Waals surface area contributed by atoms with E-state index in [-0.39, 0.29) is 0 Å². The Hall–Kier alpha value is 0. The predicted octanol–water partition coefficient (Wildman–Crippen LogP) is 2.16. The van der Waals surface area contributed by atoms with Crippen LogP contribution in [0, 0.1) is 0 Å². The lowest BCUT2D eigenvalue weighted by Crippen LogP contribution is -2.45. The Balaban J connectivity index is 2.24. The Labute approximate surface area is 114 Å². The zero-order valence-corrected chi connectivity index (χ0v) is 12.5. The number of rotatable bonds is 6. The van der Waals surface area contributed by atoms with Gasteiger partial charge in [0.2, 0.25) is 0 Å². The molecular formula is C12H24N2OS2. The van der Waals surface area contributed by atoms with Crippen LogP contribution in [0.4, 0.5) is 0 Å². The molecule has 0 amide bonds. The average Bonchev–Trinajstić information content (AvgIpc) is 2.38. The second kappa shape index (κ2) is 8.16. The molecule has 1 saturated carbocycles. The molecule has 100 valence electrons. The number of ether oxygens (including phenoxy) is 1. The quantitative estimate of drug-likeness (QED) is 0.574. The minimum atomic E-state index is 0.394. The Morgan fingerprint density at radius 3 is 2.59 bits per heavy atom. The van der Waals surface area contributed by atoms with Crippen LogP contribution in [-0.4, -0.2) is 42.9 Å². The highest BCUT2D eigenvalue weighted by atomic mass is 32.2.